The molecule has 1 heterocycles. The van der Waals surface area contributed by atoms with E-state index in [-0.39, 0.29) is 6.04 Å². The summed E-state index contributed by atoms with van der Waals surface area (Å²) in [5.41, 5.74) is 3.52. The Kier molecular flexibility index (Phi) is 3.57. The first-order valence-corrected chi connectivity index (χ1v) is 7.21. The van der Waals surface area contributed by atoms with Gasteiger partial charge in [-0.05, 0) is 31.9 Å². The summed E-state index contributed by atoms with van der Waals surface area (Å²) in [7, 11) is 0. The molecular formula is C18H19N3. The minimum Gasteiger partial charge on any atom is -0.362 e. The van der Waals surface area contributed by atoms with E-state index in [1.807, 2.05) is 19.1 Å². The number of aryl methyl sites for hydroxylation is 2. The van der Waals surface area contributed by atoms with Crippen molar-refractivity contribution < 1.29 is 0 Å². The van der Waals surface area contributed by atoms with Crippen molar-refractivity contribution in [1.29, 1.82) is 0 Å². The molecule has 1 atom stereocenters. The summed E-state index contributed by atoms with van der Waals surface area (Å²) in [6.45, 7) is 6.27. The van der Waals surface area contributed by atoms with E-state index in [0.29, 0.717) is 0 Å². The van der Waals surface area contributed by atoms with E-state index in [4.69, 9.17) is 0 Å². The standard InChI is InChI=1S/C18H19N3/c1-12-8-4-5-9-15(12)13(2)19-18-17-11-7-6-10-16(17)14(3)20-21-18/h4-11,13H,1-3H3,(H,19,21). The topological polar surface area (TPSA) is 37.8 Å². The highest BCUT2D eigenvalue weighted by Gasteiger charge is 2.11. The summed E-state index contributed by atoms with van der Waals surface area (Å²) >= 11 is 0. The number of anilines is 1. The molecular weight excluding hydrogens is 258 g/mol. The number of rotatable bonds is 3. The molecule has 3 rings (SSSR count). The smallest absolute Gasteiger partial charge is 0.157 e. The fourth-order valence-electron chi connectivity index (χ4n) is 2.70. The Balaban J connectivity index is 1.99. The van der Waals surface area contributed by atoms with Crippen LogP contribution in [0.4, 0.5) is 5.82 Å². The van der Waals surface area contributed by atoms with E-state index >= 15 is 0 Å². The maximum Gasteiger partial charge on any atom is 0.157 e. The summed E-state index contributed by atoms with van der Waals surface area (Å²) in [6, 6.07) is 16.8. The van der Waals surface area contributed by atoms with Crippen molar-refractivity contribution in [1.82, 2.24) is 10.2 Å². The van der Waals surface area contributed by atoms with Gasteiger partial charge >= 0.3 is 0 Å². The lowest BCUT2D eigenvalue weighted by Crippen LogP contribution is -2.10. The predicted octanol–water partition coefficient (Wildman–Crippen LogP) is 4.42. The zero-order valence-electron chi connectivity index (χ0n) is 12.6. The second-order valence-corrected chi connectivity index (χ2v) is 5.40. The van der Waals surface area contributed by atoms with Crippen LogP contribution in [0.2, 0.25) is 0 Å². The molecule has 0 aliphatic carbocycles. The zero-order chi connectivity index (χ0) is 14.8. The number of aromatic nitrogens is 2. The summed E-state index contributed by atoms with van der Waals surface area (Å²) in [5.74, 6) is 0.840. The molecule has 2 aromatic carbocycles. The molecule has 3 nitrogen and oxygen atoms in total. The molecule has 1 N–H and O–H groups in total. The van der Waals surface area contributed by atoms with Crippen LogP contribution in [0.3, 0.4) is 0 Å². The van der Waals surface area contributed by atoms with Crippen LogP contribution in [-0.2, 0) is 0 Å². The van der Waals surface area contributed by atoms with Gasteiger partial charge in [0.15, 0.2) is 5.82 Å². The molecule has 0 aliphatic rings. The van der Waals surface area contributed by atoms with Crippen molar-refractivity contribution in [3.63, 3.8) is 0 Å². The Labute approximate surface area is 125 Å². The number of nitrogens with zero attached hydrogens (tertiary/aromatic N) is 2. The Hall–Kier alpha value is -2.42. The molecule has 0 fully saturated rings. The average molecular weight is 277 g/mol. The van der Waals surface area contributed by atoms with E-state index in [2.05, 4.69) is 65.8 Å². The molecule has 106 valence electrons. The van der Waals surface area contributed by atoms with Crippen LogP contribution in [0.25, 0.3) is 10.8 Å². The predicted molar refractivity (Wildman–Crippen MR) is 87.5 cm³/mol. The lowest BCUT2D eigenvalue weighted by molar-refractivity contribution is 0.853. The molecule has 3 heteroatoms. The van der Waals surface area contributed by atoms with E-state index in [1.54, 1.807) is 0 Å². The number of fused-ring (bicyclic) bond motifs is 1. The largest absolute Gasteiger partial charge is 0.362 e. The second-order valence-electron chi connectivity index (χ2n) is 5.40. The normalized spacial score (nSPS) is 12.3. The summed E-state index contributed by atoms with van der Waals surface area (Å²) < 4.78 is 0. The van der Waals surface area contributed by atoms with Gasteiger partial charge in [-0.1, -0.05) is 48.5 Å². The van der Waals surface area contributed by atoms with E-state index in [0.717, 1.165) is 22.3 Å². The quantitative estimate of drug-likeness (QED) is 0.770. The molecule has 3 aromatic rings. The molecule has 21 heavy (non-hydrogen) atoms. The molecule has 0 bridgehead atoms. The van der Waals surface area contributed by atoms with E-state index in [9.17, 15) is 0 Å². The summed E-state index contributed by atoms with van der Waals surface area (Å²) in [4.78, 5) is 0. The molecule has 0 saturated carbocycles. The summed E-state index contributed by atoms with van der Waals surface area (Å²) in [6.07, 6.45) is 0. The average Bonchev–Trinajstić information content (AvgIpc) is 2.51. The third-order valence-electron chi connectivity index (χ3n) is 3.88. The number of hydrogen-bond acceptors (Lipinski definition) is 3. The van der Waals surface area contributed by atoms with Gasteiger partial charge in [0, 0.05) is 10.8 Å². The Morgan fingerprint density at radius 1 is 0.857 bits per heavy atom. The van der Waals surface area contributed by atoms with Crippen LogP contribution in [0.5, 0.6) is 0 Å². The van der Waals surface area contributed by atoms with Crippen LogP contribution in [-0.4, -0.2) is 10.2 Å². The molecule has 0 radical (unpaired) electrons. The van der Waals surface area contributed by atoms with Crippen molar-refractivity contribution in [2.24, 2.45) is 0 Å². The number of benzene rings is 2. The molecule has 1 aromatic heterocycles. The first kappa shape index (κ1) is 13.6. The van der Waals surface area contributed by atoms with E-state index in [1.165, 1.54) is 11.1 Å². The maximum absolute atomic E-state index is 4.34. The lowest BCUT2D eigenvalue weighted by Gasteiger charge is -2.18. The van der Waals surface area contributed by atoms with Gasteiger partial charge in [0.05, 0.1) is 11.7 Å². The highest BCUT2D eigenvalue weighted by molar-refractivity contribution is 5.92. The highest BCUT2D eigenvalue weighted by atomic mass is 15.2. The van der Waals surface area contributed by atoms with Crippen LogP contribution in [0.1, 0.15) is 29.8 Å². The van der Waals surface area contributed by atoms with Gasteiger partial charge in [0.1, 0.15) is 0 Å². The van der Waals surface area contributed by atoms with Gasteiger partial charge in [-0.3, -0.25) is 0 Å². The van der Waals surface area contributed by atoms with Gasteiger partial charge in [-0.25, -0.2) is 0 Å². The zero-order valence-corrected chi connectivity index (χ0v) is 12.6. The molecule has 0 spiro atoms. The molecule has 0 saturated heterocycles. The first-order chi connectivity index (χ1) is 10.2. The lowest BCUT2D eigenvalue weighted by atomic mass is 10.0. The van der Waals surface area contributed by atoms with Gasteiger partial charge in [0.25, 0.3) is 0 Å². The number of nitrogens with one attached hydrogen (secondary N) is 1. The first-order valence-electron chi connectivity index (χ1n) is 7.21. The van der Waals surface area contributed by atoms with Crippen molar-refractivity contribution in [2.45, 2.75) is 26.8 Å². The number of hydrogen-bond donors (Lipinski definition) is 1. The van der Waals surface area contributed by atoms with Crippen LogP contribution in [0.15, 0.2) is 48.5 Å². The van der Waals surface area contributed by atoms with E-state index < -0.39 is 0 Å². The van der Waals surface area contributed by atoms with Crippen LogP contribution >= 0.6 is 0 Å². The Morgan fingerprint density at radius 3 is 2.29 bits per heavy atom. The van der Waals surface area contributed by atoms with Gasteiger partial charge < -0.3 is 5.32 Å². The van der Waals surface area contributed by atoms with Crippen LogP contribution < -0.4 is 5.32 Å². The third kappa shape index (κ3) is 2.59. The minimum atomic E-state index is 0.187. The fraction of sp³-hybridized carbons (Fsp3) is 0.222. The highest BCUT2D eigenvalue weighted by Crippen LogP contribution is 2.26. The monoisotopic (exact) mass is 277 g/mol. The maximum atomic E-state index is 4.34. The molecule has 1 unspecified atom stereocenters. The SMILES string of the molecule is Cc1ccccc1C(C)Nc1nnc(C)c2ccccc12. The summed E-state index contributed by atoms with van der Waals surface area (Å²) in [5, 5.41) is 14.4. The van der Waals surface area contributed by atoms with Crippen molar-refractivity contribution >= 4 is 16.6 Å². The fourth-order valence-corrected chi connectivity index (χ4v) is 2.70. The van der Waals surface area contributed by atoms with Gasteiger partial charge in [0.2, 0.25) is 0 Å². The molecule has 0 aliphatic heterocycles. The Morgan fingerprint density at radius 2 is 1.52 bits per heavy atom. The minimum absolute atomic E-state index is 0.187. The third-order valence-corrected chi connectivity index (χ3v) is 3.88. The van der Waals surface area contributed by atoms with Gasteiger partial charge in [-0.2, -0.15) is 5.10 Å². The van der Waals surface area contributed by atoms with Gasteiger partial charge in [-0.15, -0.1) is 5.10 Å². The van der Waals surface area contributed by atoms with Crippen molar-refractivity contribution in [3.05, 3.63) is 65.4 Å². The van der Waals surface area contributed by atoms with Crippen molar-refractivity contribution in [2.75, 3.05) is 5.32 Å². The van der Waals surface area contributed by atoms with Crippen LogP contribution in [0, 0.1) is 13.8 Å². The van der Waals surface area contributed by atoms with Crippen molar-refractivity contribution in [3.8, 4) is 0 Å². The Bertz CT molecular complexity index is 780. The second kappa shape index (κ2) is 5.52. The molecule has 0 amide bonds.